The van der Waals surface area contributed by atoms with Crippen LogP contribution in [0.2, 0.25) is 0 Å². The number of hydrogen-bond donors (Lipinski definition) is 1. The number of para-hydroxylation sites is 3. The van der Waals surface area contributed by atoms with Gasteiger partial charge in [0.05, 0.1) is 15.7 Å². The van der Waals surface area contributed by atoms with Gasteiger partial charge < -0.3 is 9.73 Å². The maximum Gasteiger partial charge on any atom is 0.420 e. The molecule has 0 aliphatic heterocycles. The van der Waals surface area contributed by atoms with Crippen molar-refractivity contribution in [1.82, 2.24) is 9.55 Å². The smallest absolute Gasteiger partial charge is 0.408 e. The molecule has 2 aromatic carbocycles. The number of hydrogen-bond acceptors (Lipinski definition) is 5. The first-order valence-electron chi connectivity index (χ1n) is 7.40. The number of aromatic nitrogens is 2. The number of fused-ring (bicyclic) bond motifs is 2. The Morgan fingerprint density at radius 3 is 2.79 bits per heavy atom. The fourth-order valence-corrected chi connectivity index (χ4v) is 3.47. The molecular weight excluding hydrogens is 326 g/mol. The van der Waals surface area contributed by atoms with Gasteiger partial charge in [-0.2, -0.15) is 0 Å². The summed E-state index contributed by atoms with van der Waals surface area (Å²) in [6, 6.07) is 14.0. The second kappa shape index (κ2) is 5.61. The second-order valence-corrected chi connectivity index (χ2v) is 6.39. The molecule has 4 rings (SSSR count). The Labute approximate surface area is 140 Å². The lowest BCUT2D eigenvalue weighted by molar-refractivity contribution is -0.118. The monoisotopic (exact) mass is 339 g/mol. The Kier molecular flexibility index (Phi) is 3.42. The van der Waals surface area contributed by atoms with Gasteiger partial charge in [-0.05, 0) is 31.2 Å². The predicted molar refractivity (Wildman–Crippen MR) is 93.4 cm³/mol. The summed E-state index contributed by atoms with van der Waals surface area (Å²) in [7, 11) is 0. The molecule has 1 N–H and O–H groups in total. The summed E-state index contributed by atoms with van der Waals surface area (Å²) in [6.07, 6.45) is 0. The molecule has 1 amide bonds. The lowest BCUT2D eigenvalue weighted by Crippen LogP contribution is -2.29. The van der Waals surface area contributed by atoms with Crippen molar-refractivity contribution >= 4 is 43.7 Å². The highest BCUT2D eigenvalue weighted by molar-refractivity contribution is 7.22. The molecule has 120 valence electrons. The van der Waals surface area contributed by atoms with Gasteiger partial charge in [0.1, 0.15) is 6.04 Å². The van der Waals surface area contributed by atoms with E-state index >= 15 is 0 Å². The molecule has 0 aliphatic carbocycles. The zero-order valence-electron chi connectivity index (χ0n) is 12.7. The third-order valence-electron chi connectivity index (χ3n) is 3.81. The lowest BCUT2D eigenvalue weighted by atomic mass is 10.2. The van der Waals surface area contributed by atoms with Crippen LogP contribution in [-0.4, -0.2) is 15.5 Å². The van der Waals surface area contributed by atoms with E-state index < -0.39 is 11.8 Å². The third kappa shape index (κ3) is 2.39. The molecule has 0 saturated heterocycles. The number of nitrogens with zero attached hydrogens (tertiary/aromatic N) is 2. The Bertz CT molecular complexity index is 1080. The fourth-order valence-electron chi connectivity index (χ4n) is 2.60. The van der Waals surface area contributed by atoms with Crippen LogP contribution in [0.1, 0.15) is 13.0 Å². The molecule has 4 aromatic rings. The SMILES string of the molecule is CC(C(=O)Nc1nc2ccccc2s1)n1c(=O)oc2ccccc21. The van der Waals surface area contributed by atoms with Gasteiger partial charge in [-0.15, -0.1) is 0 Å². The number of oxazole rings is 1. The van der Waals surface area contributed by atoms with Gasteiger partial charge in [0, 0.05) is 0 Å². The minimum Gasteiger partial charge on any atom is -0.408 e. The molecule has 0 bridgehead atoms. The lowest BCUT2D eigenvalue weighted by Gasteiger charge is -2.11. The van der Waals surface area contributed by atoms with E-state index in [0.29, 0.717) is 16.2 Å². The first kappa shape index (κ1) is 14.6. The Morgan fingerprint density at radius 1 is 1.21 bits per heavy atom. The van der Waals surface area contributed by atoms with Gasteiger partial charge in [-0.1, -0.05) is 35.6 Å². The third-order valence-corrected chi connectivity index (χ3v) is 4.76. The van der Waals surface area contributed by atoms with Crippen molar-refractivity contribution in [3.63, 3.8) is 0 Å². The number of rotatable bonds is 3. The molecule has 0 fully saturated rings. The molecule has 0 saturated carbocycles. The molecule has 2 aromatic heterocycles. The normalized spacial score (nSPS) is 12.5. The molecule has 0 radical (unpaired) electrons. The van der Waals surface area contributed by atoms with Crippen molar-refractivity contribution in [1.29, 1.82) is 0 Å². The molecule has 1 unspecified atom stereocenters. The summed E-state index contributed by atoms with van der Waals surface area (Å²) in [4.78, 5) is 29.0. The average Bonchev–Trinajstić information content (AvgIpc) is 3.13. The number of carbonyl (C=O) groups excluding carboxylic acids is 1. The van der Waals surface area contributed by atoms with Crippen LogP contribution in [0, 0.1) is 0 Å². The zero-order valence-corrected chi connectivity index (χ0v) is 13.5. The first-order chi connectivity index (χ1) is 11.6. The minimum atomic E-state index is -0.715. The molecule has 6 nitrogen and oxygen atoms in total. The van der Waals surface area contributed by atoms with Crippen LogP contribution in [0.25, 0.3) is 21.3 Å². The van der Waals surface area contributed by atoms with Crippen molar-refractivity contribution in [3.8, 4) is 0 Å². The fraction of sp³-hybridized carbons (Fsp3) is 0.118. The van der Waals surface area contributed by atoms with Gasteiger partial charge in [0.25, 0.3) is 0 Å². The second-order valence-electron chi connectivity index (χ2n) is 5.36. The summed E-state index contributed by atoms with van der Waals surface area (Å²) in [5, 5.41) is 3.29. The molecule has 2 heterocycles. The van der Waals surface area contributed by atoms with E-state index in [1.54, 1.807) is 31.2 Å². The van der Waals surface area contributed by atoms with Crippen LogP contribution < -0.4 is 11.1 Å². The van der Waals surface area contributed by atoms with E-state index in [2.05, 4.69) is 10.3 Å². The number of benzene rings is 2. The van der Waals surface area contributed by atoms with E-state index in [1.807, 2.05) is 24.3 Å². The highest BCUT2D eigenvalue weighted by atomic mass is 32.1. The summed E-state index contributed by atoms with van der Waals surface area (Å²) in [5.41, 5.74) is 1.88. The van der Waals surface area contributed by atoms with Gasteiger partial charge in [-0.25, -0.2) is 9.78 Å². The molecule has 7 heteroatoms. The van der Waals surface area contributed by atoms with E-state index in [9.17, 15) is 9.59 Å². The van der Waals surface area contributed by atoms with Gasteiger partial charge in [0.15, 0.2) is 10.7 Å². The van der Waals surface area contributed by atoms with Crippen molar-refractivity contribution < 1.29 is 9.21 Å². The van der Waals surface area contributed by atoms with E-state index in [1.165, 1.54) is 15.9 Å². The molecule has 24 heavy (non-hydrogen) atoms. The average molecular weight is 339 g/mol. The maximum absolute atomic E-state index is 12.5. The first-order valence-corrected chi connectivity index (χ1v) is 8.21. The van der Waals surface area contributed by atoms with Crippen LogP contribution in [0.3, 0.4) is 0 Å². The van der Waals surface area contributed by atoms with Gasteiger partial charge in [0.2, 0.25) is 5.91 Å². The number of anilines is 1. The van der Waals surface area contributed by atoms with Crippen LogP contribution in [0.5, 0.6) is 0 Å². The predicted octanol–water partition coefficient (Wildman–Crippen LogP) is 3.40. The van der Waals surface area contributed by atoms with Crippen LogP contribution >= 0.6 is 11.3 Å². The van der Waals surface area contributed by atoms with Crippen molar-refractivity contribution in [2.24, 2.45) is 0 Å². The maximum atomic E-state index is 12.5. The number of carbonyl (C=O) groups is 1. The van der Waals surface area contributed by atoms with E-state index in [-0.39, 0.29) is 5.91 Å². The van der Waals surface area contributed by atoms with Crippen molar-refractivity contribution in [2.75, 3.05) is 5.32 Å². The Balaban J connectivity index is 1.66. The summed E-state index contributed by atoms with van der Waals surface area (Å²) in [6.45, 7) is 1.66. The van der Waals surface area contributed by atoms with E-state index in [4.69, 9.17) is 4.42 Å². The molecular formula is C17H13N3O3S. The Hall–Kier alpha value is -2.93. The minimum absolute atomic E-state index is 0.317. The van der Waals surface area contributed by atoms with Crippen LogP contribution in [0.4, 0.5) is 5.13 Å². The number of amides is 1. The van der Waals surface area contributed by atoms with Gasteiger partial charge >= 0.3 is 5.76 Å². The summed E-state index contributed by atoms with van der Waals surface area (Å²) in [5.74, 6) is -0.870. The quantitative estimate of drug-likeness (QED) is 0.620. The van der Waals surface area contributed by atoms with Gasteiger partial charge in [-0.3, -0.25) is 9.36 Å². The molecule has 0 aliphatic rings. The molecule has 1 atom stereocenters. The van der Waals surface area contributed by atoms with Crippen molar-refractivity contribution in [3.05, 3.63) is 59.1 Å². The summed E-state index contributed by atoms with van der Waals surface area (Å²) >= 11 is 1.39. The summed E-state index contributed by atoms with van der Waals surface area (Å²) < 4.78 is 7.52. The number of thiazole rings is 1. The topological polar surface area (TPSA) is 77.1 Å². The van der Waals surface area contributed by atoms with Crippen LogP contribution in [-0.2, 0) is 4.79 Å². The van der Waals surface area contributed by atoms with Crippen LogP contribution in [0.15, 0.2) is 57.7 Å². The number of nitrogens with one attached hydrogen (secondary N) is 1. The largest absolute Gasteiger partial charge is 0.420 e. The highest BCUT2D eigenvalue weighted by Crippen LogP contribution is 2.26. The zero-order chi connectivity index (χ0) is 16.7. The Morgan fingerprint density at radius 2 is 1.96 bits per heavy atom. The van der Waals surface area contributed by atoms with Crippen molar-refractivity contribution in [2.45, 2.75) is 13.0 Å². The van der Waals surface area contributed by atoms with E-state index in [0.717, 1.165) is 10.2 Å². The standard InChI is InChI=1S/C17H13N3O3S/c1-10(20-12-7-3-4-8-13(12)23-17(20)22)15(21)19-16-18-11-6-2-5-9-14(11)24-16/h2-10H,1H3,(H,18,19,21). The molecule has 0 spiro atoms. The highest BCUT2D eigenvalue weighted by Gasteiger charge is 2.22.